The molecule has 0 radical (unpaired) electrons. The van der Waals surface area contributed by atoms with E-state index in [4.69, 9.17) is 0 Å². The van der Waals surface area contributed by atoms with E-state index in [9.17, 15) is 18.7 Å². The normalized spacial score (nSPS) is 12.1. The maximum Gasteiger partial charge on any atom is 0.335 e. The number of aliphatic hydroxyl groups is 1. The van der Waals surface area contributed by atoms with Crippen LogP contribution in [0.1, 0.15) is 5.56 Å². The number of hydrogen-bond donors (Lipinski definition) is 1. The van der Waals surface area contributed by atoms with Crippen LogP contribution in [0.2, 0.25) is 0 Å². The van der Waals surface area contributed by atoms with E-state index in [0.29, 0.717) is 0 Å². The molecule has 1 rings (SSSR count). The van der Waals surface area contributed by atoms with Crippen LogP contribution in [0.15, 0.2) is 12.1 Å². The largest absolute Gasteiger partial charge is 0.494 e. The Hall–Kier alpha value is -1.69. The average Bonchev–Trinajstić information content (AvgIpc) is 2.32. The van der Waals surface area contributed by atoms with Gasteiger partial charge in [0.1, 0.15) is 5.82 Å². The maximum absolute atomic E-state index is 13.4. The van der Waals surface area contributed by atoms with Crippen LogP contribution in [0.5, 0.6) is 5.75 Å². The zero-order chi connectivity index (χ0) is 13.0. The number of halogens is 2. The summed E-state index contributed by atoms with van der Waals surface area (Å²) in [5.41, 5.74) is -0.124. The lowest BCUT2D eigenvalue weighted by molar-refractivity contribution is -0.150. The minimum atomic E-state index is -1.53. The highest BCUT2D eigenvalue weighted by atomic mass is 19.1. The Balaban J connectivity index is 2.92. The van der Waals surface area contributed by atoms with Gasteiger partial charge in [-0.25, -0.2) is 13.6 Å². The lowest BCUT2D eigenvalue weighted by atomic mass is 10.1. The van der Waals surface area contributed by atoms with Gasteiger partial charge in [-0.2, -0.15) is 0 Å². The number of aliphatic hydroxyl groups excluding tert-OH is 1. The van der Waals surface area contributed by atoms with Gasteiger partial charge in [-0.05, 0) is 11.6 Å². The number of rotatable bonds is 4. The minimum Gasteiger partial charge on any atom is -0.494 e. The molecule has 0 fully saturated rings. The summed E-state index contributed by atoms with van der Waals surface area (Å²) in [7, 11) is 2.30. The van der Waals surface area contributed by atoms with E-state index in [1.54, 1.807) is 0 Å². The van der Waals surface area contributed by atoms with E-state index in [0.717, 1.165) is 19.2 Å². The van der Waals surface area contributed by atoms with Crippen molar-refractivity contribution in [3.63, 3.8) is 0 Å². The fourth-order valence-corrected chi connectivity index (χ4v) is 1.31. The van der Waals surface area contributed by atoms with Crippen molar-refractivity contribution in [2.45, 2.75) is 12.5 Å². The van der Waals surface area contributed by atoms with Gasteiger partial charge >= 0.3 is 5.97 Å². The second kappa shape index (κ2) is 5.58. The topological polar surface area (TPSA) is 55.8 Å². The Morgan fingerprint density at radius 2 is 2.00 bits per heavy atom. The number of methoxy groups -OCH3 is 2. The summed E-state index contributed by atoms with van der Waals surface area (Å²) < 4.78 is 35.6. The standard InChI is InChI=1S/C11H12F2O4/c1-16-10-5-7(12)6(3-8(10)13)4-9(14)11(15)17-2/h3,5,9,14H,4H2,1-2H3. The molecule has 1 atom stereocenters. The first-order chi connectivity index (χ1) is 7.99. The summed E-state index contributed by atoms with van der Waals surface area (Å²) in [6, 6.07) is 1.73. The van der Waals surface area contributed by atoms with Crippen molar-refractivity contribution >= 4 is 5.97 Å². The predicted molar refractivity (Wildman–Crippen MR) is 54.6 cm³/mol. The number of benzene rings is 1. The van der Waals surface area contributed by atoms with Gasteiger partial charge in [-0.1, -0.05) is 0 Å². The second-order valence-electron chi connectivity index (χ2n) is 3.32. The molecule has 0 aromatic heterocycles. The van der Waals surface area contributed by atoms with Gasteiger partial charge in [0.15, 0.2) is 17.7 Å². The summed E-state index contributed by atoms with van der Waals surface area (Å²) in [6.45, 7) is 0. The molecular weight excluding hydrogens is 234 g/mol. The smallest absolute Gasteiger partial charge is 0.335 e. The number of ether oxygens (including phenoxy) is 2. The average molecular weight is 246 g/mol. The monoisotopic (exact) mass is 246 g/mol. The van der Waals surface area contributed by atoms with Crippen molar-refractivity contribution in [1.29, 1.82) is 0 Å². The highest BCUT2D eigenvalue weighted by molar-refractivity contribution is 5.74. The predicted octanol–water partition coefficient (Wildman–Crippen LogP) is 1.05. The molecule has 6 heteroatoms. The SMILES string of the molecule is COC(=O)C(O)Cc1cc(F)c(OC)cc1F. The zero-order valence-corrected chi connectivity index (χ0v) is 9.37. The molecule has 0 aliphatic carbocycles. The molecule has 0 saturated heterocycles. The molecule has 0 amide bonds. The molecule has 0 saturated carbocycles. The van der Waals surface area contributed by atoms with Gasteiger partial charge in [0.2, 0.25) is 0 Å². The Morgan fingerprint density at radius 3 is 2.53 bits per heavy atom. The molecule has 0 spiro atoms. The molecule has 1 N–H and O–H groups in total. The molecule has 0 bridgehead atoms. The van der Waals surface area contributed by atoms with Crippen LogP contribution in [-0.4, -0.2) is 31.4 Å². The molecule has 1 aromatic rings. The van der Waals surface area contributed by atoms with Gasteiger partial charge in [-0.15, -0.1) is 0 Å². The molecule has 94 valence electrons. The molecule has 1 unspecified atom stereocenters. The summed E-state index contributed by atoms with van der Waals surface area (Å²) in [5.74, 6) is -2.66. The molecule has 4 nitrogen and oxygen atoms in total. The van der Waals surface area contributed by atoms with E-state index in [1.807, 2.05) is 0 Å². The van der Waals surface area contributed by atoms with Gasteiger partial charge in [-0.3, -0.25) is 0 Å². The second-order valence-corrected chi connectivity index (χ2v) is 3.32. The first-order valence-electron chi connectivity index (χ1n) is 4.77. The van der Waals surface area contributed by atoms with Crippen molar-refractivity contribution < 1.29 is 28.2 Å². The third kappa shape index (κ3) is 3.13. The van der Waals surface area contributed by atoms with Crippen LogP contribution in [-0.2, 0) is 16.0 Å². The Morgan fingerprint density at radius 1 is 1.35 bits per heavy atom. The van der Waals surface area contributed by atoms with Crippen LogP contribution >= 0.6 is 0 Å². The molecule has 0 heterocycles. The number of hydrogen-bond acceptors (Lipinski definition) is 4. The van der Waals surface area contributed by atoms with Crippen molar-refractivity contribution in [2.75, 3.05) is 14.2 Å². The van der Waals surface area contributed by atoms with Gasteiger partial charge in [0.25, 0.3) is 0 Å². The summed E-state index contributed by atoms with van der Waals surface area (Å²) >= 11 is 0. The molecular formula is C11H12F2O4. The molecule has 17 heavy (non-hydrogen) atoms. The van der Waals surface area contributed by atoms with Crippen LogP contribution in [0.4, 0.5) is 8.78 Å². The van der Waals surface area contributed by atoms with Crippen LogP contribution in [0.25, 0.3) is 0 Å². The van der Waals surface area contributed by atoms with E-state index in [-0.39, 0.29) is 17.7 Å². The third-order valence-corrected chi connectivity index (χ3v) is 2.21. The first-order valence-corrected chi connectivity index (χ1v) is 4.77. The van der Waals surface area contributed by atoms with Crippen LogP contribution in [0, 0.1) is 11.6 Å². The summed E-state index contributed by atoms with van der Waals surface area (Å²) in [6.07, 6.45) is -1.89. The molecule has 0 aliphatic heterocycles. The summed E-state index contributed by atoms with van der Waals surface area (Å²) in [5, 5.41) is 9.32. The molecule has 0 aliphatic rings. The van der Waals surface area contributed by atoms with Crippen molar-refractivity contribution in [1.82, 2.24) is 0 Å². The lowest BCUT2D eigenvalue weighted by Gasteiger charge is -2.10. The minimum absolute atomic E-state index is 0.124. The number of carbonyl (C=O) groups is 1. The lowest BCUT2D eigenvalue weighted by Crippen LogP contribution is -2.24. The van der Waals surface area contributed by atoms with Gasteiger partial charge < -0.3 is 14.6 Å². The highest BCUT2D eigenvalue weighted by Gasteiger charge is 2.19. The van der Waals surface area contributed by atoms with Gasteiger partial charge in [0.05, 0.1) is 14.2 Å². The van der Waals surface area contributed by atoms with Crippen LogP contribution < -0.4 is 4.74 Å². The maximum atomic E-state index is 13.4. The van der Waals surface area contributed by atoms with E-state index in [1.165, 1.54) is 7.11 Å². The fraction of sp³-hybridized carbons (Fsp3) is 0.364. The van der Waals surface area contributed by atoms with Crippen molar-refractivity contribution in [3.05, 3.63) is 29.3 Å². The quantitative estimate of drug-likeness (QED) is 0.807. The molecule has 1 aromatic carbocycles. The zero-order valence-electron chi connectivity index (χ0n) is 9.37. The highest BCUT2D eigenvalue weighted by Crippen LogP contribution is 2.22. The van der Waals surface area contributed by atoms with Crippen molar-refractivity contribution in [3.8, 4) is 5.75 Å². The Bertz CT molecular complexity index is 420. The third-order valence-electron chi connectivity index (χ3n) is 2.21. The number of esters is 1. The van der Waals surface area contributed by atoms with Crippen molar-refractivity contribution in [2.24, 2.45) is 0 Å². The fourth-order valence-electron chi connectivity index (χ4n) is 1.31. The first kappa shape index (κ1) is 13.4. The van der Waals surface area contributed by atoms with E-state index in [2.05, 4.69) is 9.47 Å². The van der Waals surface area contributed by atoms with Gasteiger partial charge in [0, 0.05) is 12.5 Å². The Labute approximate surface area is 96.8 Å². The van der Waals surface area contributed by atoms with Crippen LogP contribution in [0.3, 0.4) is 0 Å². The number of carbonyl (C=O) groups excluding carboxylic acids is 1. The Kier molecular flexibility index (Phi) is 4.39. The van der Waals surface area contributed by atoms with E-state index < -0.39 is 23.7 Å². The van der Waals surface area contributed by atoms with E-state index >= 15 is 0 Å². The summed E-state index contributed by atoms with van der Waals surface area (Å²) in [4.78, 5) is 10.9.